The molecule has 1 aliphatic carbocycles. The van der Waals surface area contributed by atoms with Gasteiger partial charge in [0, 0.05) is 74.2 Å². The van der Waals surface area contributed by atoms with Crippen LogP contribution >= 0.6 is 11.6 Å². The summed E-state index contributed by atoms with van der Waals surface area (Å²) >= 11 is 6.21. The molecule has 2 unspecified atom stereocenters. The van der Waals surface area contributed by atoms with Gasteiger partial charge in [0.1, 0.15) is 0 Å². The van der Waals surface area contributed by atoms with Gasteiger partial charge in [0.2, 0.25) is 5.92 Å². The van der Waals surface area contributed by atoms with E-state index in [1.165, 1.54) is 4.90 Å². The van der Waals surface area contributed by atoms with Crippen molar-refractivity contribution in [2.24, 2.45) is 11.8 Å². The summed E-state index contributed by atoms with van der Waals surface area (Å²) in [5.41, 5.74) is 4.36. The Balaban J connectivity index is 0.000000474. The lowest BCUT2D eigenvalue weighted by Crippen LogP contribution is -2.36. The van der Waals surface area contributed by atoms with Crippen molar-refractivity contribution in [3.8, 4) is 11.4 Å². The molecule has 252 valence electrons. The standard InChI is InChI=1S/C29H33ClN6O3.C6H10F2/c1-18-5-6-24(13-25(18)30)36(29(38)39)12-4-11-34-14-22-16-35(17-23(22)15-34)28(37)26-19(2)32-27(33-20(26)3)21-7-9-31-10-8-21;7-6(8)4-2-1-3-5-6/h5-10,13,22-23H,4,11-12,14-17H2,1-3H3,(H,38,39);1-5H2. The lowest BCUT2D eigenvalue weighted by Gasteiger charge is -2.24. The number of fused-ring (bicyclic) bond motifs is 1. The minimum absolute atomic E-state index is 0.00101. The third-order valence-corrected chi connectivity index (χ3v) is 9.82. The summed E-state index contributed by atoms with van der Waals surface area (Å²) in [5, 5.41) is 10.3. The molecule has 0 spiro atoms. The van der Waals surface area contributed by atoms with Crippen LogP contribution in [-0.2, 0) is 0 Å². The lowest BCUT2D eigenvalue weighted by molar-refractivity contribution is -0.0337. The van der Waals surface area contributed by atoms with Crippen molar-refractivity contribution >= 4 is 29.3 Å². The number of carbonyl (C=O) groups excluding carboxylic acids is 1. The first kappa shape index (κ1) is 34.6. The summed E-state index contributed by atoms with van der Waals surface area (Å²) in [4.78, 5) is 44.3. The van der Waals surface area contributed by atoms with E-state index in [9.17, 15) is 23.5 Å². The Hall–Kier alpha value is -3.70. The molecule has 6 rings (SSSR count). The number of aromatic nitrogens is 3. The number of aryl methyl sites for hydroxylation is 3. The van der Waals surface area contributed by atoms with E-state index in [4.69, 9.17) is 11.6 Å². The number of rotatable bonds is 7. The van der Waals surface area contributed by atoms with Gasteiger partial charge in [0.25, 0.3) is 5.91 Å². The zero-order valence-corrected chi connectivity index (χ0v) is 28.0. The van der Waals surface area contributed by atoms with Crippen LogP contribution in [0.15, 0.2) is 42.7 Å². The predicted octanol–water partition coefficient (Wildman–Crippen LogP) is 7.28. The molecule has 3 aromatic rings. The molecular formula is C35H43ClF2N6O3. The molecule has 9 nitrogen and oxygen atoms in total. The molecule has 47 heavy (non-hydrogen) atoms. The van der Waals surface area contributed by atoms with Gasteiger partial charge in [-0.3, -0.25) is 14.7 Å². The van der Waals surface area contributed by atoms with Crippen molar-refractivity contribution in [2.45, 2.75) is 65.2 Å². The van der Waals surface area contributed by atoms with Crippen LogP contribution in [-0.4, -0.2) is 87.0 Å². The van der Waals surface area contributed by atoms with Gasteiger partial charge >= 0.3 is 6.09 Å². The van der Waals surface area contributed by atoms with Crippen molar-refractivity contribution in [3.05, 3.63) is 70.3 Å². The fourth-order valence-corrected chi connectivity index (χ4v) is 7.03. The van der Waals surface area contributed by atoms with Crippen molar-refractivity contribution in [1.82, 2.24) is 24.8 Å². The third-order valence-electron chi connectivity index (χ3n) is 9.41. The number of alkyl halides is 2. The highest BCUT2D eigenvalue weighted by Crippen LogP contribution is 2.34. The van der Waals surface area contributed by atoms with E-state index in [0.717, 1.165) is 43.6 Å². The summed E-state index contributed by atoms with van der Waals surface area (Å²) in [6.45, 7) is 10.1. The molecule has 3 fully saturated rings. The van der Waals surface area contributed by atoms with Crippen LogP contribution in [0.25, 0.3) is 11.4 Å². The Kier molecular flexibility index (Phi) is 11.1. The quantitative estimate of drug-likeness (QED) is 0.282. The van der Waals surface area contributed by atoms with Gasteiger partial charge in [-0.25, -0.2) is 23.5 Å². The number of carbonyl (C=O) groups is 2. The zero-order chi connectivity index (χ0) is 33.7. The largest absolute Gasteiger partial charge is 0.465 e. The second-order valence-corrected chi connectivity index (χ2v) is 13.4. The number of nitrogens with zero attached hydrogens (tertiary/aromatic N) is 6. The average Bonchev–Trinajstić information content (AvgIpc) is 3.60. The Morgan fingerprint density at radius 3 is 2.11 bits per heavy atom. The van der Waals surface area contributed by atoms with Gasteiger partial charge in [0.05, 0.1) is 17.0 Å². The van der Waals surface area contributed by atoms with Crippen LogP contribution in [0, 0.1) is 32.6 Å². The lowest BCUT2D eigenvalue weighted by atomic mass is 9.97. The second-order valence-electron chi connectivity index (χ2n) is 13.0. The number of hydrogen-bond acceptors (Lipinski definition) is 6. The molecule has 0 radical (unpaired) electrons. The number of pyridine rings is 1. The molecule has 3 aliphatic rings. The first-order valence-electron chi connectivity index (χ1n) is 16.3. The first-order valence-corrected chi connectivity index (χ1v) is 16.7. The van der Waals surface area contributed by atoms with E-state index in [0.29, 0.717) is 77.8 Å². The third kappa shape index (κ3) is 8.61. The second kappa shape index (κ2) is 15.0. The van der Waals surface area contributed by atoms with E-state index < -0.39 is 12.0 Å². The number of anilines is 1. The van der Waals surface area contributed by atoms with Crippen molar-refractivity contribution < 1.29 is 23.5 Å². The van der Waals surface area contributed by atoms with Crippen LogP contribution in [0.1, 0.15) is 65.8 Å². The van der Waals surface area contributed by atoms with Crippen LogP contribution < -0.4 is 4.90 Å². The Labute approximate surface area is 280 Å². The summed E-state index contributed by atoms with van der Waals surface area (Å²) in [5.74, 6) is -0.889. The van der Waals surface area contributed by atoms with Gasteiger partial charge in [-0.2, -0.15) is 0 Å². The molecule has 1 aromatic carbocycles. The summed E-state index contributed by atoms with van der Waals surface area (Å²) in [6, 6.07) is 9.06. The maximum atomic E-state index is 13.5. The van der Waals surface area contributed by atoms with Crippen LogP contribution in [0.2, 0.25) is 5.02 Å². The van der Waals surface area contributed by atoms with E-state index in [1.54, 1.807) is 24.5 Å². The highest BCUT2D eigenvalue weighted by atomic mass is 35.5. The fraction of sp³-hybridized carbons (Fsp3) is 0.514. The zero-order valence-electron chi connectivity index (χ0n) is 27.3. The number of amides is 2. The van der Waals surface area contributed by atoms with Crippen molar-refractivity contribution in [3.63, 3.8) is 0 Å². The smallest absolute Gasteiger partial charge is 0.411 e. The molecular weight excluding hydrogens is 626 g/mol. The predicted molar refractivity (Wildman–Crippen MR) is 178 cm³/mol. The maximum absolute atomic E-state index is 13.5. The number of carboxylic acid groups (broad SMARTS) is 1. The van der Waals surface area contributed by atoms with Gasteiger partial charge in [0.15, 0.2) is 5.82 Å². The summed E-state index contributed by atoms with van der Waals surface area (Å²) in [7, 11) is 0. The number of likely N-dealkylation sites (tertiary alicyclic amines) is 2. The molecule has 2 aromatic heterocycles. The van der Waals surface area contributed by atoms with E-state index in [1.807, 2.05) is 43.9 Å². The molecule has 1 saturated carbocycles. The molecule has 0 bridgehead atoms. The monoisotopic (exact) mass is 668 g/mol. The summed E-state index contributed by atoms with van der Waals surface area (Å²) < 4.78 is 24.4. The molecule has 2 atom stereocenters. The Morgan fingerprint density at radius 2 is 1.57 bits per heavy atom. The van der Waals surface area contributed by atoms with Gasteiger partial charge in [-0.15, -0.1) is 0 Å². The van der Waals surface area contributed by atoms with E-state index in [2.05, 4.69) is 19.9 Å². The van der Waals surface area contributed by atoms with E-state index in [-0.39, 0.29) is 18.7 Å². The molecule has 1 N–H and O–H groups in total. The highest BCUT2D eigenvalue weighted by molar-refractivity contribution is 6.31. The number of benzene rings is 1. The van der Waals surface area contributed by atoms with Gasteiger partial charge in [-0.05, 0) is 88.2 Å². The molecule has 12 heteroatoms. The van der Waals surface area contributed by atoms with Gasteiger partial charge < -0.3 is 14.9 Å². The van der Waals surface area contributed by atoms with Crippen LogP contribution in [0.3, 0.4) is 0 Å². The average molecular weight is 669 g/mol. The Morgan fingerprint density at radius 1 is 0.957 bits per heavy atom. The van der Waals surface area contributed by atoms with E-state index >= 15 is 0 Å². The topological polar surface area (TPSA) is 103 Å². The fourth-order valence-electron chi connectivity index (χ4n) is 6.86. The molecule has 2 saturated heterocycles. The Bertz CT molecular complexity index is 1530. The molecule has 4 heterocycles. The maximum Gasteiger partial charge on any atom is 0.411 e. The molecule has 2 amide bonds. The molecule has 2 aliphatic heterocycles. The van der Waals surface area contributed by atoms with Crippen molar-refractivity contribution in [1.29, 1.82) is 0 Å². The normalized spacial score (nSPS) is 20.3. The SMILES string of the molecule is Cc1ccc(N(CCCN2CC3CN(C(=O)c4c(C)nc(-c5ccncc5)nc4C)CC3C2)C(=O)O)cc1Cl.FC1(F)CCCCC1. The minimum atomic E-state index is -2.32. The van der Waals surface area contributed by atoms with Crippen LogP contribution in [0.5, 0.6) is 0 Å². The van der Waals surface area contributed by atoms with Crippen molar-refractivity contribution in [2.75, 3.05) is 44.2 Å². The minimum Gasteiger partial charge on any atom is -0.465 e. The number of halogens is 3. The number of hydrogen-bond donors (Lipinski definition) is 1. The first-order chi connectivity index (χ1) is 22.4. The van der Waals surface area contributed by atoms with Crippen LogP contribution in [0.4, 0.5) is 19.3 Å². The highest BCUT2D eigenvalue weighted by Gasteiger charge is 2.42. The summed E-state index contributed by atoms with van der Waals surface area (Å²) in [6.07, 6.45) is 5.81. The van der Waals surface area contributed by atoms with Gasteiger partial charge in [-0.1, -0.05) is 24.1 Å².